The van der Waals surface area contributed by atoms with Gasteiger partial charge in [-0.25, -0.2) is 4.98 Å². The molecule has 0 radical (unpaired) electrons. The molecule has 13 heteroatoms. The number of piperidine rings is 1. The number of hydrogen-bond acceptors (Lipinski definition) is 10. The van der Waals surface area contributed by atoms with E-state index in [1.54, 1.807) is 23.1 Å². The number of rotatable bonds is 8. The Kier molecular flexibility index (Phi) is 6.92. The topological polar surface area (TPSA) is 186 Å². The van der Waals surface area contributed by atoms with Gasteiger partial charge in [0, 0.05) is 25.1 Å². The third kappa shape index (κ3) is 5.27. The fraction of sp³-hybridized carbons (Fsp3) is 0.360. The number of benzene rings is 1. The third-order valence-electron chi connectivity index (χ3n) is 6.41. The van der Waals surface area contributed by atoms with Gasteiger partial charge in [0.25, 0.3) is 11.8 Å². The molecule has 0 spiro atoms. The fourth-order valence-electron chi connectivity index (χ4n) is 4.20. The summed E-state index contributed by atoms with van der Waals surface area (Å²) in [5, 5.41) is 23.3. The molecule has 198 valence electrons. The van der Waals surface area contributed by atoms with Crippen molar-refractivity contribution in [1.29, 1.82) is 0 Å². The van der Waals surface area contributed by atoms with Crippen LogP contribution in [0.25, 0.3) is 11.5 Å². The van der Waals surface area contributed by atoms with Crippen LogP contribution < -0.4 is 21.1 Å². The summed E-state index contributed by atoms with van der Waals surface area (Å²) in [6, 6.07) is 6.59. The average molecular weight is 522 g/mol. The lowest BCUT2D eigenvalue weighted by Crippen LogP contribution is -2.39. The molecule has 0 atom stereocenters. The van der Waals surface area contributed by atoms with Crippen molar-refractivity contribution in [2.75, 3.05) is 30.8 Å². The molecule has 1 aliphatic carbocycles. The summed E-state index contributed by atoms with van der Waals surface area (Å²) in [6.45, 7) is 0.869. The van der Waals surface area contributed by atoms with Crippen LogP contribution in [0.5, 0.6) is 5.75 Å². The van der Waals surface area contributed by atoms with Crippen molar-refractivity contribution >= 4 is 34.9 Å². The second kappa shape index (κ2) is 10.5. The maximum absolute atomic E-state index is 12.8. The highest BCUT2D eigenvalue weighted by Crippen LogP contribution is 2.38. The summed E-state index contributed by atoms with van der Waals surface area (Å²) in [4.78, 5) is 42.9. The summed E-state index contributed by atoms with van der Waals surface area (Å²) >= 11 is 0. The van der Waals surface area contributed by atoms with Crippen molar-refractivity contribution in [3.05, 3.63) is 41.9 Å². The highest BCUT2D eigenvalue weighted by atomic mass is 16.5. The summed E-state index contributed by atoms with van der Waals surface area (Å²) in [5.74, 6) is -0.592. The third-order valence-corrected chi connectivity index (χ3v) is 6.41. The zero-order valence-corrected chi connectivity index (χ0v) is 20.6. The average Bonchev–Trinajstić information content (AvgIpc) is 3.65. The van der Waals surface area contributed by atoms with Crippen molar-refractivity contribution in [1.82, 2.24) is 20.1 Å². The van der Waals surface area contributed by atoms with E-state index in [4.69, 9.17) is 14.9 Å². The molecular formula is C25H27N7O6. The first-order chi connectivity index (χ1) is 18.3. The number of anilines is 3. The zero-order valence-electron chi connectivity index (χ0n) is 20.6. The summed E-state index contributed by atoms with van der Waals surface area (Å²) in [7, 11) is 1.46. The molecule has 2 fully saturated rings. The molecule has 1 saturated heterocycles. The molecule has 2 aliphatic rings. The number of likely N-dealkylation sites (tertiary alicyclic amines) is 1. The van der Waals surface area contributed by atoms with Gasteiger partial charge in [-0.2, -0.15) is 0 Å². The standard InChI is InChI=1S/C25H27N7O6/c1-37-21-15(24-27-12-18(38-24)25(36)32-9-7-14(33)8-10-32)3-2-4-16(21)28-17-11-19(29-23(35)13-5-6-13)30-31-20(17)22(26)34/h2-4,11-14,33H,5-10H2,1H3,(H2,26,34)(H2,28,29,30,35). The van der Waals surface area contributed by atoms with Gasteiger partial charge < -0.3 is 35.5 Å². The van der Waals surface area contributed by atoms with Gasteiger partial charge in [-0.15, -0.1) is 10.2 Å². The van der Waals surface area contributed by atoms with Gasteiger partial charge in [0.2, 0.25) is 17.6 Å². The first-order valence-electron chi connectivity index (χ1n) is 12.2. The van der Waals surface area contributed by atoms with Crippen LogP contribution in [0.2, 0.25) is 0 Å². The van der Waals surface area contributed by atoms with Crippen LogP contribution in [-0.4, -0.2) is 69.2 Å². The van der Waals surface area contributed by atoms with Crippen LogP contribution in [0.1, 0.15) is 46.7 Å². The van der Waals surface area contributed by atoms with Crippen molar-refractivity contribution in [3.63, 3.8) is 0 Å². The number of amides is 3. The Hall–Kier alpha value is -4.52. The number of nitrogens with zero attached hydrogens (tertiary/aromatic N) is 4. The van der Waals surface area contributed by atoms with Gasteiger partial charge in [0.1, 0.15) is 0 Å². The van der Waals surface area contributed by atoms with Crippen LogP contribution in [-0.2, 0) is 4.79 Å². The SMILES string of the molecule is COc1c(Nc2cc(NC(=O)C3CC3)nnc2C(N)=O)cccc1-c1ncc(C(=O)N2CCC(O)CC2)o1. The fourth-order valence-corrected chi connectivity index (χ4v) is 4.20. The second-order valence-electron chi connectivity index (χ2n) is 9.18. The highest BCUT2D eigenvalue weighted by Gasteiger charge is 2.30. The molecule has 5 N–H and O–H groups in total. The minimum atomic E-state index is -0.809. The van der Waals surface area contributed by atoms with Crippen LogP contribution in [0.3, 0.4) is 0 Å². The number of carbonyl (C=O) groups excluding carboxylic acids is 3. The van der Waals surface area contributed by atoms with E-state index in [-0.39, 0.29) is 46.6 Å². The molecule has 1 saturated carbocycles. The number of aromatic nitrogens is 3. The molecule has 38 heavy (non-hydrogen) atoms. The highest BCUT2D eigenvalue weighted by molar-refractivity contribution is 5.99. The maximum Gasteiger partial charge on any atom is 0.291 e. The summed E-state index contributed by atoms with van der Waals surface area (Å²) < 4.78 is 11.4. The van der Waals surface area contributed by atoms with Crippen LogP contribution in [0.4, 0.5) is 17.2 Å². The Morgan fingerprint density at radius 1 is 1.13 bits per heavy atom. The number of aliphatic hydroxyl groups is 1. The molecule has 5 rings (SSSR count). The minimum Gasteiger partial charge on any atom is -0.494 e. The number of nitrogens with two attached hydrogens (primary N) is 1. The van der Waals surface area contributed by atoms with E-state index in [9.17, 15) is 19.5 Å². The minimum absolute atomic E-state index is 0.0418. The number of nitrogens with one attached hydrogen (secondary N) is 2. The molecule has 1 aliphatic heterocycles. The molecule has 13 nitrogen and oxygen atoms in total. The molecule has 3 aromatic rings. The number of carbonyl (C=O) groups is 3. The normalized spacial score (nSPS) is 15.7. The Bertz CT molecular complexity index is 1380. The molecule has 3 heterocycles. The quantitative estimate of drug-likeness (QED) is 0.341. The lowest BCUT2D eigenvalue weighted by atomic mass is 10.1. The predicted molar refractivity (Wildman–Crippen MR) is 135 cm³/mol. The van der Waals surface area contributed by atoms with Gasteiger partial charge in [-0.1, -0.05) is 6.07 Å². The number of hydrogen-bond donors (Lipinski definition) is 4. The van der Waals surface area contributed by atoms with E-state index in [0.29, 0.717) is 42.9 Å². The van der Waals surface area contributed by atoms with E-state index < -0.39 is 12.0 Å². The first-order valence-corrected chi connectivity index (χ1v) is 12.2. The molecule has 3 amide bonds. The number of para-hydroxylation sites is 1. The lowest BCUT2D eigenvalue weighted by Gasteiger charge is -2.28. The summed E-state index contributed by atoms with van der Waals surface area (Å²) in [6.07, 6.45) is 3.62. The van der Waals surface area contributed by atoms with Crippen LogP contribution >= 0.6 is 0 Å². The van der Waals surface area contributed by atoms with E-state index in [2.05, 4.69) is 25.8 Å². The Balaban J connectivity index is 1.41. The van der Waals surface area contributed by atoms with E-state index in [1.807, 2.05) is 0 Å². The molecular weight excluding hydrogens is 494 g/mol. The molecule has 2 aromatic heterocycles. The van der Waals surface area contributed by atoms with Gasteiger partial charge in [0.15, 0.2) is 17.3 Å². The van der Waals surface area contributed by atoms with Gasteiger partial charge in [-0.3, -0.25) is 14.4 Å². The van der Waals surface area contributed by atoms with Gasteiger partial charge in [0.05, 0.1) is 36.3 Å². The summed E-state index contributed by atoms with van der Waals surface area (Å²) in [5.41, 5.74) is 6.46. The Morgan fingerprint density at radius 2 is 1.89 bits per heavy atom. The predicted octanol–water partition coefficient (Wildman–Crippen LogP) is 1.93. The number of aliphatic hydroxyl groups excluding tert-OH is 1. The number of methoxy groups -OCH3 is 1. The van der Waals surface area contributed by atoms with Gasteiger partial charge >= 0.3 is 0 Å². The monoisotopic (exact) mass is 521 g/mol. The number of ether oxygens (including phenoxy) is 1. The van der Waals surface area contributed by atoms with E-state index >= 15 is 0 Å². The first kappa shape index (κ1) is 25.1. The number of oxazole rings is 1. The van der Waals surface area contributed by atoms with Crippen molar-refractivity contribution in [2.24, 2.45) is 11.7 Å². The van der Waals surface area contributed by atoms with Gasteiger partial charge in [-0.05, 0) is 37.8 Å². The molecule has 0 bridgehead atoms. The van der Waals surface area contributed by atoms with Crippen molar-refractivity contribution < 1.29 is 28.6 Å². The molecule has 1 aromatic carbocycles. The smallest absolute Gasteiger partial charge is 0.291 e. The number of primary amides is 1. The second-order valence-corrected chi connectivity index (χ2v) is 9.18. The van der Waals surface area contributed by atoms with E-state index in [1.165, 1.54) is 19.4 Å². The van der Waals surface area contributed by atoms with Crippen molar-refractivity contribution in [3.8, 4) is 17.2 Å². The van der Waals surface area contributed by atoms with Crippen LogP contribution in [0, 0.1) is 5.92 Å². The molecule has 0 unspecified atom stereocenters. The Labute approximate surface area is 217 Å². The lowest BCUT2D eigenvalue weighted by molar-refractivity contribution is -0.117. The Morgan fingerprint density at radius 3 is 2.58 bits per heavy atom. The maximum atomic E-state index is 12.8. The van der Waals surface area contributed by atoms with Crippen LogP contribution in [0.15, 0.2) is 34.9 Å². The largest absolute Gasteiger partial charge is 0.494 e. The van der Waals surface area contributed by atoms with E-state index in [0.717, 1.165) is 12.8 Å². The zero-order chi connectivity index (χ0) is 26.8. The van der Waals surface area contributed by atoms with Crippen molar-refractivity contribution in [2.45, 2.75) is 31.8 Å².